The largest absolute Gasteiger partial charge is 0.507 e. The molecule has 1 aliphatic heterocycles. The molecule has 1 heterocycles. The molecule has 3 aromatic rings. The summed E-state index contributed by atoms with van der Waals surface area (Å²) in [5.74, 6) is -0.584. The van der Waals surface area contributed by atoms with E-state index in [-0.39, 0.29) is 11.3 Å². The maximum absolute atomic E-state index is 13.4. The minimum atomic E-state index is -0.827. The summed E-state index contributed by atoms with van der Waals surface area (Å²) in [5.41, 5.74) is 3.48. The van der Waals surface area contributed by atoms with Gasteiger partial charge in [-0.05, 0) is 60.9 Å². The van der Waals surface area contributed by atoms with Gasteiger partial charge in [0.15, 0.2) is 0 Å². The fourth-order valence-corrected chi connectivity index (χ4v) is 4.11. The fraction of sp³-hybridized carbons (Fsp3) is 0.185. The highest BCUT2D eigenvalue weighted by Gasteiger charge is 2.47. The Balaban J connectivity index is 1.99. The molecule has 1 atom stereocenters. The first-order chi connectivity index (χ1) is 15.8. The van der Waals surface area contributed by atoms with Gasteiger partial charge in [0.25, 0.3) is 11.7 Å². The zero-order valence-electron chi connectivity index (χ0n) is 19.0. The van der Waals surface area contributed by atoms with Crippen LogP contribution in [0.1, 0.15) is 28.3 Å². The number of Topliss-reactive ketones (excluding diaryl/α,β-unsaturated/α-hetero) is 1. The molecule has 33 heavy (non-hydrogen) atoms. The zero-order chi connectivity index (χ0) is 23.7. The average molecular weight is 443 g/mol. The molecular formula is C27H25NO5. The van der Waals surface area contributed by atoms with E-state index in [2.05, 4.69) is 0 Å². The third-order valence-corrected chi connectivity index (χ3v) is 5.82. The first-order valence-corrected chi connectivity index (χ1v) is 10.5. The third-order valence-electron chi connectivity index (χ3n) is 5.82. The van der Waals surface area contributed by atoms with Crippen molar-refractivity contribution in [2.45, 2.75) is 19.9 Å². The summed E-state index contributed by atoms with van der Waals surface area (Å²) < 4.78 is 10.6. The molecule has 168 valence electrons. The number of carbonyl (C=O) groups is 2. The average Bonchev–Trinajstić information content (AvgIpc) is 3.10. The number of rotatable bonds is 5. The van der Waals surface area contributed by atoms with Crippen molar-refractivity contribution in [3.05, 3.63) is 94.6 Å². The van der Waals surface area contributed by atoms with E-state index in [9.17, 15) is 14.7 Å². The fourth-order valence-electron chi connectivity index (χ4n) is 4.11. The van der Waals surface area contributed by atoms with Gasteiger partial charge in [0.05, 0.1) is 25.8 Å². The first-order valence-electron chi connectivity index (χ1n) is 10.5. The third kappa shape index (κ3) is 3.96. The Hall–Kier alpha value is -4.06. The summed E-state index contributed by atoms with van der Waals surface area (Å²) in [7, 11) is 3.08. The summed E-state index contributed by atoms with van der Waals surface area (Å²) in [6, 6.07) is 18.8. The molecule has 0 spiro atoms. The van der Waals surface area contributed by atoms with E-state index in [0.29, 0.717) is 28.3 Å². The van der Waals surface area contributed by atoms with Crippen LogP contribution in [0, 0.1) is 13.8 Å². The Labute approximate surface area is 192 Å². The van der Waals surface area contributed by atoms with Gasteiger partial charge in [0.2, 0.25) is 0 Å². The van der Waals surface area contributed by atoms with Crippen molar-refractivity contribution in [2.24, 2.45) is 0 Å². The monoisotopic (exact) mass is 443 g/mol. The molecule has 0 saturated carbocycles. The molecule has 4 rings (SSSR count). The Bertz CT molecular complexity index is 1280. The molecule has 1 amide bonds. The molecule has 0 radical (unpaired) electrons. The maximum Gasteiger partial charge on any atom is 0.300 e. The van der Waals surface area contributed by atoms with Gasteiger partial charge in [0.1, 0.15) is 17.3 Å². The summed E-state index contributed by atoms with van der Waals surface area (Å²) in [6.45, 7) is 3.81. The molecule has 1 saturated heterocycles. The number of ketones is 1. The lowest BCUT2D eigenvalue weighted by Crippen LogP contribution is -2.30. The number of aliphatic hydroxyl groups is 1. The van der Waals surface area contributed by atoms with E-state index in [4.69, 9.17) is 9.47 Å². The van der Waals surface area contributed by atoms with Gasteiger partial charge in [0, 0.05) is 11.3 Å². The molecule has 0 aliphatic carbocycles. The van der Waals surface area contributed by atoms with Crippen molar-refractivity contribution in [1.29, 1.82) is 0 Å². The Morgan fingerprint density at radius 2 is 1.55 bits per heavy atom. The highest BCUT2D eigenvalue weighted by Crippen LogP contribution is 2.44. The second-order valence-corrected chi connectivity index (χ2v) is 7.97. The van der Waals surface area contributed by atoms with Crippen LogP contribution in [0.4, 0.5) is 5.69 Å². The summed E-state index contributed by atoms with van der Waals surface area (Å²) in [6.07, 6.45) is 0. The van der Waals surface area contributed by atoms with Crippen molar-refractivity contribution in [3.63, 3.8) is 0 Å². The number of amides is 1. The standard InChI is InChI=1S/C27H25NO5/c1-16-11-12-17(2)22(13-16)28-24(18-7-5-9-20(14-18)32-3)23(26(30)27(28)31)25(29)19-8-6-10-21(15-19)33-4/h5-15,24,29H,1-4H3/b25-23+. The van der Waals surface area contributed by atoms with E-state index in [1.807, 2.05) is 38.1 Å². The van der Waals surface area contributed by atoms with Crippen molar-refractivity contribution in [1.82, 2.24) is 0 Å². The van der Waals surface area contributed by atoms with E-state index in [1.165, 1.54) is 12.0 Å². The smallest absolute Gasteiger partial charge is 0.300 e. The van der Waals surface area contributed by atoms with Gasteiger partial charge < -0.3 is 14.6 Å². The molecule has 1 N–H and O–H groups in total. The molecule has 0 bridgehead atoms. The van der Waals surface area contributed by atoms with Crippen molar-refractivity contribution in [3.8, 4) is 11.5 Å². The number of aryl methyl sites for hydroxylation is 2. The molecule has 0 aromatic heterocycles. The summed E-state index contributed by atoms with van der Waals surface area (Å²) >= 11 is 0. The van der Waals surface area contributed by atoms with Crippen molar-refractivity contribution >= 4 is 23.1 Å². The van der Waals surface area contributed by atoms with Crippen LogP contribution >= 0.6 is 0 Å². The molecule has 1 aliphatic rings. The molecular weight excluding hydrogens is 418 g/mol. The number of anilines is 1. The van der Waals surface area contributed by atoms with Crippen LogP contribution in [0.5, 0.6) is 11.5 Å². The van der Waals surface area contributed by atoms with Crippen LogP contribution in [0.3, 0.4) is 0 Å². The van der Waals surface area contributed by atoms with Gasteiger partial charge in [-0.2, -0.15) is 0 Å². The number of aliphatic hydroxyl groups excluding tert-OH is 1. The summed E-state index contributed by atoms with van der Waals surface area (Å²) in [5, 5.41) is 11.3. The molecule has 6 nitrogen and oxygen atoms in total. The second kappa shape index (κ2) is 8.82. The predicted octanol–water partition coefficient (Wildman–Crippen LogP) is 4.95. The molecule has 6 heteroatoms. The quantitative estimate of drug-likeness (QED) is 0.343. The first kappa shape index (κ1) is 22.1. The topological polar surface area (TPSA) is 76.1 Å². The van der Waals surface area contributed by atoms with Gasteiger partial charge in [-0.3, -0.25) is 14.5 Å². The highest BCUT2D eigenvalue weighted by atomic mass is 16.5. The second-order valence-electron chi connectivity index (χ2n) is 7.97. The highest BCUT2D eigenvalue weighted by molar-refractivity contribution is 6.51. The lowest BCUT2D eigenvalue weighted by atomic mass is 9.94. The lowest BCUT2D eigenvalue weighted by Gasteiger charge is -2.27. The van der Waals surface area contributed by atoms with Gasteiger partial charge in [-0.15, -0.1) is 0 Å². The minimum absolute atomic E-state index is 0.0161. The van der Waals surface area contributed by atoms with Crippen molar-refractivity contribution in [2.75, 3.05) is 19.1 Å². The van der Waals surface area contributed by atoms with E-state index < -0.39 is 17.7 Å². The normalized spacial score (nSPS) is 17.3. The lowest BCUT2D eigenvalue weighted by molar-refractivity contribution is -0.132. The molecule has 1 fully saturated rings. The van der Waals surface area contributed by atoms with Crippen LogP contribution in [-0.4, -0.2) is 31.0 Å². The van der Waals surface area contributed by atoms with E-state index in [0.717, 1.165) is 11.1 Å². The van der Waals surface area contributed by atoms with Crippen LogP contribution < -0.4 is 14.4 Å². The molecule has 1 unspecified atom stereocenters. The van der Waals surface area contributed by atoms with Crippen LogP contribution in [-0.2, 0) is 9.59 Å². The number of methoxy groups -OCH3 is 2. The van der Waals surface area contributed by atoms with Crippen LogP contribution in [0.15, 0.2) is 72.3 Å². The Morgan fingerprint density at radius 3 is 2.24 bits per heavy atom. The van der Waals surface area contributed by atoms with Crippen LogP contribution in [0.25, 0.3) is 5.76 Å². The van der Waals surface area contributed by atoms with Gasteiger partial charge >= 0.3 is 0 Å². The number of hydrogen-bond acceptors (Lipinski definition) is 5. The van der Waals surface area contributed by atoms with E-state index in [1.54, 1.807) is 49.6 Å². The maximum atomic E-state index is 13.4. The zero-order valence-corrected chi connectivity index (χ0v) is 19.0. The predicted molar refractivity (Wildman–Crippen MR) is 127 cm³/mol. The summed E-state index contributed by atoms with van der Waals surface area (Å²) in [4.78, 5) is 28.1. The van der Waals surface area contributed by atoms with Crippen LogP contribution in [0.2, 0.25) is 0 Å². The Kier molecular flexibility index (Phi) is 5.92. The minimum Gasteiger partial charge on any atom is -0.507 e. The van der Waals surface area contributed by atoms with E-state index >= 15 is 0 Å². The number of hydrogen-bond donors (Lipinski definition) is 1. The number of benzene rings is 3. The van der Waals surface area contributed by atoms with Gasteiger partial charge in [-0.25, -0.2) is 0 Å². The molecule has 3 aromatic carbocycles. The SMILES string of the molecule is COc1cccc(/C(O)=C2\C(=O)C(=O)N(c3cc(C)ccc3C)C2c2cccc(OC)c2)c1. The Morgan fingerprint density at radius 1 is 0.879 bits per heavy atom. The van der Waals surface area contributed by atoms with Crippen molar-refractivity contribution < 1.29 is 24.2 Å². The number of ether oxygens (including phenoxy) is 2. The van der Waals surface area contributed by atoms with Gasteiger partial charge in [-0.1, -0.05) is 36.4 Å². The number of nitrogens with zero attached hydrogens (tertiary/aromatic N) is 1. The number of carbonyl (C=O) groups excluding carboxylic acids is 2.